The molecule has 0 unspecified atom stereocenters. The van der Waals surface area contributed by atoms with Crippen molar-refractivity contribution in [2.45, 2.75) is 38.3 Å². The maximum Gasteiger partial charge on any atom is 0.306 e. The molecule has 5 heteroatoms. The molecule has 0 radical (unpaired) electrons. The van der Waals surface area contributed by atoms with E-state index >= 15 is 0 Å². The Hall–Kier alpha value is -0.940. The fourth-order valence-corrected chi connectivity index (χ4v) is 2.89. The fraction of sp³-hybridized carbons (Fsp3) is 0.500. The molecule has 2 rings (SSSR count). The van der Waals surface area contributed by atoms with Crippen LogP contribution in [0.15, 0.2) is 22.7 Å². The summed E-state index contributed by atoms with van der Waals surface area (Å²) < 4.78 is 13.8. The zero-order valence-corrected chi connectivity index (χ0v) is 12.1. The van der Waals surface area contributed by atoms with E-state index in [0.29, 0.717) is 17.1 Å². The molecule has 0 bridgehead atoms. The molecule has 19 heavy (non-hydrogen) atoms. The van der Waals surface area contributed by atoms with Gasteiger partial charge in [0.15, 0.2) is 0 Å². The minimum absolute atomic E-state index is 0.195. The highest BCUT2D eigenvalue weighted by Crippen LogP contribution is 2.25. The Morgan fingerprint density at radius 3 is 2.68 bits per heavy atom. The van der Waals surface area contributed by atoms with Crippen LogP contribution < -0.4 is 5.32 Å². The van der Waals surface area contributed by atoms with Crippen molar-refractivity contribution in [3.05, 3.63) is 34.1 Å². The van der Waals surface area contributed by atoms with Gasteiger partial charge in [-0.1, -0.05) is 12.1 Å². The van der Waals surface area contributed by atoms with Gasteiger partial charge in [-0.05, 0) is 53.2 Å². The average Bonchev–Trinajstić information content (AvgIpc) is 2.41. The third-order valence-electron chi connectivity index (χ3n) is 3.69. The van der Waals surface area contributed by atoms with Gasteiger partial charge in [0.2, 0.25) is 0 Å². The normalized spacial score (nSPS) is 23.3. The van der Waals surface area contributed by atoms with Crippen molar-refractivity contribution in [3.8, 4) is 0 Å². The van der Waals surface area contributed by atoms with Crippen LogP contribution in [-0.2, 0) is 11.3 Å². The van der Waals surface area contributed by atoms with Crippen molar-refractivity contribution in [1.29, 1.82) is 0 Å². The zero-order valence-electron chi connectivity index (χ0n) is 10.5. The van der Waals surface area contributed by atoms with Gasteiger partial charge in [0.05, 0.1) is 10.4 Å². The van der Waals surface area contributed by atoms with Crippen LogP contribution >= 0.6 is 15.9 Å². The molecule has 1 aliphatic rings. The number of carbonyl (C=O) groups is 1. The minimum atomic E-state index is -0.689. The highest BCUT2D eigenvalue weighted by atomic mass is 79.9. The van der Waals surface area contributed by atoms with E-state index in [2.05, 4.69) is 21.2 Å². The summed E-state index contributed by atoms with van der Waals surface area (Å²) in [5, 5.41) is 12.3. The molecule has 0 spiro atoms. The van der Waals surface area contributed by atoms with E-state index in [1.165, 1.54) is 6.07 Å². The quantitative estimate of drug-likeness (QED) is 0.890. The second-order valence-corrected chi connectivity index (χ2v) is 5.77. The number of rotatable bonds is 4. The lowest BCUT2D eigenvalue weighted by molar-refractivity contribution is -0.142. The van der Waals surface area contributed by atoms with Gasteiger partial charge in [-0.15, -0.1) is 0 Å². The predicted octanol–water partition coefficient (Wildman–Crippen LogP) is 3.32. The van der Waals surface area contributed by atoms with Crippen LogP contribution in [0.4, 0.5) is 4.39 Å². The summed E-state index contributed by atoms with van der Waals surface area (Å²) in [5.74, 6) is -1.14. The molecular weight excluding hydrogens is 313 g/mol. The summed E-state index contributed by atoms with van der Waals surface area (Å²) in [6.45, 7) is 0.598. The number of carboxylic acids is 1. The summed E-state index contributed by atoms with van der Waals surface area (Å²) in [5.41, 5.74) is 0.889. The summed E-state index contributed by atoms with van der Waals surface area (Å²) in [4.78, 5) is 10.9. The Morgan fingerprint density at radius 1 is 1.37 bits per heavy atom. The molecular formula is C14H17BrFNO2. The largest absolute Gasteiger partial charge is 0.481 e. The van der Waals surface area contributed by atoms with E-state index in [0.717, 1.165) is 31.2 Å². The van der Waals surface area contributed by atoms with Gasteiger partial charge in [-0.2, -0.15) is 0 Å². The van der Waals surface area contributed by atoms with Crippen LogP contribution in [0.2, 0.25) is 0 Å². The highest BCUT2D eigenvalue weighted by molar-refractivity contribution is 9.10. The van der Waals surface area contributed by atoms with E-state index in [1.54, 1.807) is 6.07 Å². The lowest BCUT2D eigenvalue weighted by atomic mass is 9.86. The number of hydrogen-bond donors (Lipinski definition) is 2. The van der Waals surface area contributed by atoms with Crippen LogP contribution in [0.25, 0.3) is 0 Å². The van der Waals surface area contributed by atoms with Crippen molar-refractivity contribution >= 4 is 21.9 Å². The van der Waals surface area contributed by atoms with E-state index < -0.39 is 5.97 Å². The van der Waals surface area contributed by atoms with E-state index in [4.69, 9.17) is 5.11 Å². The van der Waals surface area contributed by atoms with E-state index in [-0.39, 0.29) is 11.7 Å². The van der Waals surface area contributed by atoms with Crippen LogP contribution in [0.1, 0.15) is 31.2 Å². The summed E-state index contributed by atoms with van der Waals surface area (Å²) in [6, 6.07) is 5.32. The van der Waals surface area contributed by atoms with Gasteiger partial charge in [0, 0.05) is 12.6 Å². The van der Waals surface area contributed by atoms with Crippen LogP contribution in [0.5, 0.6) is 0 Å². The van der Waals surface area contributed by atoms with Crippen molar-refractivity contribution in [2.75, 3.05) is 0 Å². The number of aliphatic carboxylic acids is 1. The maximum absolute atomic E-state index is 13.3. The standard InChI is InChI=1S/C14H17BrFNO2/c15-13-10(2-1-3-12(13)16)8-17-11-6-4-9(5-7-11)14(18)19/h1-3,9,11,17H,4-8H2,(H,18,19). The van der Waals surface area contributed by atoms with Gasteiger partial charge >= 0.3 is 5.97 Å². The molecule has 1 fully saturated rings. The summed E-state index contributed by atoms with van der Waals surface area (Å²) in [7, 11) is 0. The Morgan fingerprint density at radius 2 is 2.05 bits per heavy atom. The number of benzene rings is 1. The molecule has 0 heterocycles. The first-order valence-electron chi connectivity index (χ1n) is 6.47. The number of carboxylic acid groups (broad SMARTS) is 1. The predicted molar refractivity (Wildman–Crippen MR) is 74.3 cm³/mol. The number of nitrogens with one attached hydrogen (secondary N) is 1. The van der Waals surface area contributed by atoms with Gasteiger partial charge in [0.1, 0.15) is 5.82 Å². The molecule has 3 nitrogen and oxygen atoms in total. The second kappa shape index (κ2) is 6.48. The second-order valence-electron chi connectivity index (χ2n) is 4.98. The Balaban J connectivity index is 1.84. The monoisotopic (exact) mass is 329 g/mol. The first kappa shape index (κ1) is 14.5. The zero-order chi connectivity index (χ0) is 13.8. The third kappa shape index (κ3) is 3.76. The highest BCUT2D eigenvalue weighted by Gasteiger charge is 2.25. The van der Waals surface area contributed by atoms with Gasteiger partial charge < -0.3 is 10.4 Å². The molecule has 0 aliphatic heterocycles. The number of halogens is 2. The molecule has 0 atom stereocenters. The summed E-state index contributed by atoms with van der Waals surface area (Å²) >= 11 is 3.24. The average molecular weight is 330 g/mol. The van der Waals surface area contributed by atoms with E-state index in [9.17, 15) is 9.18 Å². The van der Waals surface area contributed by atoms with Crippen molar-refractivity contribution < 1.29 is 14.3 Å². The molecule has 104 valence electrons. The molecule has 0 aromatic heterocycles. The lowest BCUT2D eigenvalue weighted by Gasteiger charge is -2.27. The molecule has 1 aliphatic carbocycles. The fourth-order valence-electron chi connectivity index (χ4n) is 2.48. The lowest BCUT2D eigenvalue weighted by Crippen LogP contribution is -2.34. The van der Waals surface area contributed by atoms with Gasteiger partial charge in [-0.25, -0.2) is 4.39 Å². The SMILES string of the molecule is O=C(O)C1CCC(NCc2cccc(F)c2Br)CC1. The maximum atomic E-state index is 13.3. The molecule has 0 amide bonds. The van der Waals surface area contributed by atoms with Gasteiger partial charge in [-0.3, -0.25) is 4.79 Å². The Labute approximate surface area is 120 Å². The topological polar surface area (TPSA) is 49.3 Å². The first-order valence-corrected chi connectivity index (χ1v) is 7.26. The number of hydrogen-bond acceptors (Lipinski definition) is 2. The molecule has 0 saturated heterocycles. The summed E-state index contributed by atoms with van der Waals surface area (Å²) in [6.07, 6.45) is 3.17. The van der Waals surface area contributed by atoms with Crippen molar-refractivity contribution in [3.63, 3.8) is 0 Å². The Kier molecular flexibility index (Phi) is 4.93. The Bertz CT molecular complexity index is 459. The first-order chi connectivity index (χ1) is 9.08. The molecule has 1 saturated carbocycles. The van der Waals surface area contributed by atoms with Gasteiger partial charge in [0.25, 0.3) is 0 Å². The smallest absolute Gasteiger partial charge is 0.306 e. The van der Waals surface area contributed by atoms with Crippen LogP contribution in [-0.4, -0.2) is 17.1 Å². The third-order valence-corrected chi connectivity index (χ3v) is 4.58. The van der Waals surface area contributed by atoms with Crippen LogP contribution in [0.3, 0.4) is 0 Å². The van der Waals surface area contributed by atoms with Crippen molar-refractivity contribution in [1.82, 2.24) is 5.32 Å². The molecule has 2 N–H and O–H groups in total. The molecule has 1 aromatic carbocycles. The molecule has 1 aromatic rings. The minimum Gasteiger partial charge on any atom is -0.481 e. The van der Waals surface area contributed by atoms with E-state index in [1.807, 2.05) is 6.07 Å². The van der Waals surface area contributed by atoms with Crippen molar-refractivity contribution in [2.24, 2.45) is 5.92 Å². The van der Waals surface area contributed by atoms with Crippen LogP contribution in [0, 0.1) is 11.7 Å².